The molecule has 1 rings (SSSR count). The second kappa shape index (κ2) is 6.87. The van der Waals surface area contributed by atoms with Crippen molar-refractivity contribution >= 4 is 19.7 Å². The van der Waals surface area contributed by atoms with E-state index in [0.717, 1.165) is 25.0 Å². The second-order valence-electron chi connectivity index (χ2n) is 3.88. The van der Waals surface area contributed by atoms with Gasteiger partial charge in [0.1, 0.15) is 5.75 Å². The highest BCUT2D eigenvalue weighted by Crippen LogP contribution is 2.16. The lowest BCUT2D eigenvalue weighted by molar-refractivity contribution is 0.306. The predicted octanol–water partition coefficient (Wildman–Crippen LogP) is 3.32. The van der Waals surface area contributed by atoms with Gasteiger partial charge in [-0.1, -0.05) is 31.9 Å². The van der Waals surface area contributed by atoms with E-state index in [9.17, 15) is 8.42 Å². The number of benzene rings is 1. The zero-order chi connectivity index (χ0) is 12.7. The Hall–Kier alpha value is -0.740. The average molecular weight is 277 g/mol. The molecule has 0 heterocycles. The molecule has 0 saturated heterocycles. The summed E-state index contributed by atoms with van der Waals surface area (Å²) in [5, 5.41) is 0. The third-order valence-corrected chi connectivity index (χ3v) is 3.28. The molecule has 1 aromatic rings. The minimum absolute atomic E-state index is 0.148. The molecular formula is C12H17ClO3S. The van der Waals surface area contributed by atoms with E-state index in [1.165, 1.54) is 0 Å². The summed E-state index contributed by atoms with van der Waals surface area (Å²) in [6.07, 6.45) is 3.35. The van der Waals surface area contributed by atoms with E-state index in [1.54, 1.807) is 24.3 Å². The number of rotatable bonds is 7. The van der Waals surface area contributed by atoms with Gasteiger partial charge in [0.2, 0.25) is 9.05 Å². The van der Waals surface area contributed by atoms with Gasteiger partial charge in [-0.05, 0) is 24.1 Å². The van der Waals surface area contributed by atoms with Crippen molar-refractivity contribution in [3.8, 4) is 5.75 Å². The molecule has 0 aliphatic carbocycles. The van der Waals surface area contributed by atoms with Crippen LogP contribution in [0.1, 0.15) is 31.7 Å². The lowest BCUT2D eigenvalue weighted by Gasteiger charge is -2.06. The normalized spacial score (nSPS) is 11.4. The minimum Gasteiger partial charge on any atom is -0.494 e. The molecule has 1 aromatic carbocycles. The maximum atomic E-state index is 10.9. The van der Waals surface area contributed by atoms with Crippen LogP contribution in [0.15, 0.2) is 24.3 Å². The third-order valence-electron chi connectivity index (χ3n) is 2.28. The van der Waals surface area contributed by atoms with Gasteiger partial charge < -0.3 is 4.74 Å². The van der Waals surface area contributed by atoms with Crippen molar-refractivity contribution in [2.75, 3.05) is 6.61 Å². The van der Waals surface area contributed by atoms with E-state index in [0.29, 0.717) is 12.2 Å². The lowest BCUT2D eigenvalue weighted by Crippen LogP contribution is -1.98. The summed E-state index contributed by atoms with van der Waals surface area (Å²) >= 11 is 0. The maximum Gasteiger partial charge on any atom is 0.236 e. The molecule has 0 spiro atoms. The molecule has 0 bridgehead atoms. The highest BCUT2D eigenvalue weighted by atomic mass is 35.7. The van der Waals surface area contributed by atoms with Crippen LogP contribution >= 0.6 is 10.7 Å². The molecule has 3 nitrogen and oxygen atoms in total. The van der Waals surface area contributed by atoms with Crippen molar-refractivity contribution in [2.24, 2.45) is 0 Å². The molecule has 0 fully saturated rings. The standard InChI is InChI=1S/C12H17ClO3S/c1-2-3-4-9-16-12-7-5-11(6-8-12)10-17(13,14)15/h5-8H,2-4,9-10H2,1H3. The first-order chi connectivity index (χ1) is 8.01. The van der Waals surface area contributed by atoms with E-state index in [4.69, 9.17) is 15.4 Å². The van der Waals surface area contributed by atoms with Crippen LogP contribution in [-0.2, 0) is 14.8 Å². The van der Waals surface area contributed by atoms with Gasteiger partial charge in [-0.15, -0.1) is 0 Å². The van der Waals surface area contributed by atoms with E-state index in [-0.39, 0.29) is 5.75 Å². The molecule has 0 N–H and O–H groups in total. The number of hydrogen-bond donors (Lipinski definition) is 0. The molecule has 0 amide bonds. The number of unbranched alkanes of at least 4 members (excludes halogenated alkanes) is 2. The van der Waals surface area contributed by atoms with Gasteiger partial charge in [0.25, 0.3) is 0 Å². The lowest BCUT2D eigenvalue weighted by atomic mass is 10.2. The Bertz CT molecular complexity index is 426. The van der Waals surface area contributed by atoms with Crippen LogP contribution in [0, 0.1) is 0 Å². The fraction of sp³-hybridized carbons (Fsp3) is 0.500. The van der Waals surface area contributed by atoms with Crippen molar-refractivity contribution in [2.45, 2.75) is 31.9 Å². The fourth-order valence-corrected chi connectivity index (χ4v) is 2.39. The van der Waals surface area contributed by atoms with Crippen molar-refractivity contribution in [1.29, 1.82) is 0 Å². The quantitative estimate of drug-likeness (QED) is 0.567. The molecule has 0 radical (unpaired) electrons. The van der Waals surface area contributed by atoms with Crippen molar-refractivity contribution < 1.29 is 13.2 Å². The summed E-state index contributed by atoms with van der Waals surface area (Å²) in [7, 11) is 1.68. The summed E-state index contributed by atoms with van der Waals surface area (Å²) in [4.78, 5) is 0. The average Bonchev–Trinajstić information content (AvgIpc) is 2.25. The van der Waals surface area contributed by atoms with Crippen LogP contribution in [0.5, 0.6) is 5.75 Å². The van der Waals surface area contributed by atoms with Crippen LogP contribution in [0.4, 0.5) is 0 Å². The zero-order valence-corrected chi connectivity index (χ0v) is 11.4. The Kier molecular flexibility index (Phi) is 5.78. The van der Waals surface area contributed by atoms with Crippen LogP contribution < -0.4 is 4.74 Å². The van der Waals surface area contributed by atoms with Gasteiger partial charge in [-0.2, -0.15) is 0 Å². The summed E-state index contributed by atoms with van der Waals surface area (Å²) in [5.41, 5.74) is 0.668. The number of halogens is 1. The van der Waals surface area contributed by atoms with Gasteiger partial charge in [0, 0.05) is 10.7 Å². The second-order valence-corrected chi connectivity index (χ2v) is 6.66. The summed E-state index contributed by atoms with van der Waals surface area (Å²) < 4.78 is 27.2. The molecule has 0 saturated carbocycles. The zero-order valence-electron chi connectivity index (χ0n) is 9.86. The first kappa shape index (κ1) is 14.3. The van der Waals surface area contributed by atoms with E-state index < -0.39 is 9.05 Å². The molecule has 17 heavy (non-hydrogen) atoms. The Morgan fingerprint density at radius 2 is 1.82 bits per heavy atom. The number of ether oxygens (including phenoxy) is 1. The van der Waals surface area contributed by atoms with E-state index in [1.807, 2.05) is 0 Å². The van der Waals surface area contributed by atoms with Gasteiger partial charge in [-0.3, -0.25) is 0 Å². The summed E-state index contributed by atoms with van der Waals surface area (Å²) in [5.74, 6) is 0.613. The predicted molar refractivity (Wildman–Crippen MR) is 69.9 cm³/mol. The maximum absolute atomic E-state index is 10.9. The topological polar surface area (TPSA) is 43.4 Å². The van der Waals surface area contributed by atoms with E-state index >= 15 is 0 Å². The first-order valence-electron chi connectivity index (χ1n) is 5.65. The van der Waals surface area contributed by atoms with Crippen LogP contribution in [0.2, 0.25) is 0 Å². The Balaban J connectivity index is 2.45. The molecule has 0 unspecified atom stereocenters. The van der Waals surface area contributed by atoms with Gasteiger partial charge >= 0.3 is 0 Å². The third kappa shape index (κ3) is 6.54. The SMILES string of the molecule is CCCCCOc1ccc(CS(=O)(=O)Cl)cc1. The van der Waals surface area contributed by atoms with Gasteiger partial charge in [-0.25, -0.2) is 8.42 Å². The highest BCUT2D eigenvalue weighted by molar-refractivity contribution is 8.13. The Morgan fingerprint density at radius 3 is 2.35 bits per heavy atom. The molecule has 0 aliphatic heterocycles. The summed E-state index contributed by atoms with van der Waals surface area (Å²) in [6, 6.07) is 6.97. The van der Waals surface area contributed by atoms with Crippen LogP contribution in [0.3, 0.4) is 0 Å². The van der Waals surface area contributed by atoms with Crippen molar-refractivity contribution in [3.05, 3.63) is 29.8 Å². The van der Waals surface area contributed by atoms with Crippen LogP contribution in [0.25, 0.3) is 0 Å². The molecule has 96 valence electrons. The molecule has 0 atom stereocenters. The minimum atomic E-state index is -3.48. The Morgan fingerprint density at radius 1 is 1.18 bits per heavy atom. The van der Waals surface area contributed by atoms with Crippen molar-refractivity contribution in [3.63, 3.8) is 0 Å². The fourth-order valence-electron chi connectivity index (χ4n) is 1.42. The summed E-state index contributed by atoms with van der Waals surface area (Å²) in [6.45, 7) is 2.84. The monoisotopic (exact) mass is 276 g/mol. The highest BCUT2D eigenvalue weighted by Gasteiger charge is 2.06. The smallest absolute Gasteiger partial charge is 0.236 e. The van der Waals surface area contributed by atoms with Gasteiger partial charge in [0.15, 0.2) is 0 Å². The molecule has 0 aliphatic rings. The molecular weight excluding hydrogens is 260 g/mol. The number of hydrogen-bond acceptors (Lipinski definition) is 3. The largest absolute Gasteiger partial charge is 0.494 e. The molecule has 5 heteroatoms. The first-order valence-corrected chi connectivity index (χ1v) is 8.13. The van der Waals surface area contributed by atoms with Crippen LogP contribution in [-0.4, -0.2) is 15.0 Å². The molecule has 0 aromatic heterocycles. The van der Waals surface area contributed by atoms with Crippen molar-refractivity contribution in [1.82, 2.24) is 0 Å². The van der Waals surface area contributed by atoms with E-state index in [2.05, 4.69) is 6.92 Å². The Labute approximate surface area is 107 Å². The van der Waals surface area contributed by atoms with Gasteiger partial charge in [0.05, 0.1) is 12.4 Å².